The van der Waals surface area contributed by atoms with E-state index in [1.54, 1.807) is 18.2 Å². The summed E-state index contributed by atoms with van der Waals surface area (Å²) in [6.45, 7) is 4.21. The molecule has 1 aliphatic heterocycles. The summed E-state index contributed by atoms with van der Waals surface area (Å²) >= 11 is 0. The zero-order valence-electron chi connectivity index (χ0n) is 14.7. The zero-order valence-corrected chi connectivity index (χ0v) is 14.7. The molecule has 1 saturated heterocycles. The number of aromatic carboxylic acids is 1. The smallest absolute Gasteiger partial charge is 0.359 e. The molecule has 0 amide bonds. The first kappa shape index (κ1) is 18.0. The summed E-state index contributed by atoms with van der Waals surface area (Å²) < 4.78 is 11.3. The van der Waals surface area contributed by atoms with Crippen LogP contribution in [0, 0.1) is 17.8 Å². The number of hydrogen-bond donors (Lipinski definition) is 2. The minimum atomic E-state index is -1.18. The summed E-state index contributed by atoms with van der Waals surface area (Å²) in [4.78, 5) is 11.1. The molecule has 2 aromatic rings. The lowest BCUT2D eigenvalue weighted by atomic mass is 9.90. The molecule has 0 bridgehead atoms. The van der Waals surface area contributed by atoms with Gasteiger partial charge in [0.2, 0.25) is 5.69 Å². The summed E-state index contributed by atoms with van der Waals surface area (Å²) in [7, 11) is 0. The van der Waals surface area contributed by atoms with Gasteiger partial charge in [0.05, 0.1) is 12.2 Å². The van der Waals surface area contributed by atoms with Crippen molar-refractivity contribution >= 4 is 5.97 Å². The summed E-state index contributed by atoms with van der Waals surface area (Å²) in [6.07, 6.45) is 3.47. The molecule has 3 rings (SSSR count). The maximum absolute atomic E-state index is 11.1. The molecule has 0 saturated carbocycles. The van der Waals surface area contributed by atoms with Gasteiger partial charge in [-0.05, 0) is 50.8 Å². The number of benzene rings is 1. The van der Waals surface area contributed by atoms with Crippen LogP contribution in [0.2, 0.25) is 0 Å². The average Bonchev–Trinajstić information content (AvgIpc) is 3.03. The van der Waals surface area contributed by atoms with Crippen LogP contribution >= 0.6 is 0 Å². The van der Waals surface area contributed by atoms with Crippen molar-refractivity contribution in [3.8, 4) is 23.5 Å². The standard InChI is InChI=1S/C19H21N3O4/c1-12-9-15(10-13(2)25-12)7-3-5-14-6-4-8-16(11-14)26-18-17(19(23)24)20-22-21-18/h4,6,8,11-13,15H,7,9-10H2,1-2H3,(H,23,24)(H,20,21,22)/t12-,13+,15?. The van der Waals surface area contributed by atoms with E-state index in [1.807, 2.05) is 6.07 Å². The molecule has 7 heteroatoms. The topological polar surface area (TPSA) is 97.3 Å². The van der Waals surface area contributed by atoms with Gasteiger partial charge in [-0.3, -0.25) is 0 Å². The van der Waals surface area contributed by atoms with Gasteiger partial charge < -0.3 is 14.6 Å². The lowest BCUT2D eigenvalue weighted by Gasteiger charge is -2.31. The maximum Gasteiger partial charge on any atom is 0.359 e. The van der Waals surface area contributed by atoms with Gasteiger partial charge in [0.25, 0.3) is 5.88 Å². The second-order valence-corrected chi connectivity index (χ2v) is 6.53. The van der Waals surface area contributed by atoms with Crippen LogP contribution < -0.4 is 4.74 Å². The lowest BCUT2D eigenvalue weighted by Crippen LogP contribution is -2.28. The Morgan fingerprint density at radius 1 is 1.38 bits per heavy atom. The van der Waals surface area contributed by atoms with E-state index in [2.05, 4.69) is 41.1 Å². The van der Waals surface area contributed by atoms with E-state index in [4.69, 9.17) is 14.6 Å². The molecule has 1 aliphatic rings. The molecule has 1 aromatic heterocycles. The fourth-order valence-electron chi connectivity index (χ4n) is 3.18. The van der Waals surface area contributed by atoms with Gasteiger partial charge in [-0.15, -0.1) is 0 Å². The fraction of sp³-hybridized carbons (Fsp3) is 0.421. The minimum absolute atomic E-state index is 0.0761. The molecular formula is C19H21N3O4. The first-order chi connectivity index (χ1) is 12.5. The SMILES string of the molecule is C[C@@H]1CC(CC#Cc2cccc(Oc3nn[nH]c3C(=O)O)c2)C[C@H](C)O1. The maximum atomic E-state index is 11.1. The number of aromatic amines is 1. The van der Waals surface area contributed by atoms with E-state index in [1.165, 1.54) is 0 Å². The normalized spacial score (nSPS) is 22.3. The molecule has 1 aromatic carbocycles. The molecule has 0 radical (unpaired) electrons. The monoisotopic (exact) mass is 355 g/mol. The number of nitrogens with one attached hydrogen (secondary N) is 1. The molecule has 0 spiro atoms. The Labute approximate surface area is 151 Å². The Morgan fingerprint density at radius 3 is 2.88 bits per heavy atom. The predicted octanol–water partition coefficient (Wildman–Crippen LogP) is 3.24. The van der Waals surface area contributed by atoms with Gasteiger partial charge in [-0.25, -0.2) is 9.89 Å². The molecule has 2 heterocycles. The van der Waals surface area contributed by atoms with Crippen LogP contribution in [0.5, 0.6) is 11.6 Å². The Balaban J connectivity index is 1.65. The summed E-state index contributed by atoms with van der Waals surface area (Å²) in [5.74, 6) is 6.14. The van der Waals surface area contributed by atoms with E-state index in [-0.39, 0.29) is 23.8 Å². The molecular weight excluding hydrogens is 334 g/mol. The third-order valence-electron chi connectivity index (χ3n) is 4.20. The minimum Gasteiger partial charge on any atom is -0.476 e. The summed E-state index contributed by atoms with van der Waals surface area (Å²) in [5.41, 5.74) is 0.611. The van der Waals surface area contributed by atoms with Gasteiger partial charge in [0, 0.05) is 12.0 Å². The summed E-state index contributed by atoms with van der Waals surface area (Å²) in [5, 5.41) is 18.4. The van der Waals surface area contributed by atoms with Crippen LogP contribution in [-0.2, 0) is 4.74 Å². The van der Waals surface area contributed by atoms with E-state index in [0.29, 0.717) is 11.7 Å². The lowest BCUT2D eigenvalue weighted by molar-refractivity contribution is -0.0510. The molecule has 1 fully saturated rings. The first-order valence-electron chi connectivity index (χ1n) is 8.58. The Kier molecular flexibility index (Phi) is 5.54. The number of aromatic nitrogens is 3. The Bertz CT molecular complexity index is 827. The van der Waals surface area contributed by atoms with Crippen LogP contribution in [0.25, 0.3) is 0 Å². The third-order valence-corrected chi connectivity index (χ3v) is 4.20. The van der Waals surface area contributed by atoms with Gasteiger partial charge in [0.15, 0.2) is 0 Å². The largest absolute Gasteiger partial charge is 0.476 e. The molecule has 26 heavy (non-hydrogen) atoms. The molecule has 3 atom stereocenters. The van der Waals surface area contributed by atoms with E-state index in [9.17, 15) is 4.79 Å². The van der Waals surface area contributed by atoms with Crippen molar-refractivity contribution < 1.29 is 19.4 Å². The summed E-state index contributed by atoms with van der Waals surface area (Å²) in [6, 6.07) is 7.16. The number of hydrogen-bond acceptors (Lipinski definition) is 5. The molecule has 1 unspecified atom stereocenters. The highest BCUT2D eigenvalue weighted by molar-refractivity contribution is 5.87. The van der Waals surface area contributed by atoms with Crippen molar-refractivity contribution in [2.75, 3.05) is 0 Å². The molecule has 7 nitrogen and oxygen atoms in total. The van der Waals surface area contributed by atoms with Crippen LogP contribution in [0.15, 0.2) is 24.3 Å². The number of carbonyl (C=O) groups is 1. The zero-order chi connectivity index (χ0) is 18.5. The quantitative estimate of drug-likeness (QED) is 0.817. The second kappa shape index (κ2) is 8.02. The van der Waals surface area contributed by atoms with Gasteiger partial charge in [0.1, 0.15) is 5.75 Å². The van der Waals surface area contributed by atoms with Gasteiger partial charge in [-0.2, -0.15) is 0 Å². The highest BCUT2D eigenvalue weighted by Crippen LogP contribution is 2.27. The number of carboxylic acid groups (broad SMARTS) is 1. The molecule has 2 N–H and O–H groups in total. The number of nitrogens with zero attached hydrogens (tertiary/aromatic N) is 2. The third kappa shape index (κ3) is 4.61. The highest BCUT2D eigenvalue weighted by atomic mass is 16.5. The van der Waals surface area contributed by atoms with Crippen molar-refractivity contribution in [1.29, 1.82) is 0 Å². The van der Waals surface area contributed by atoms with Crippen LogP contribution in [-0.4, -0.2) is 38.7 Å². The van der Waals surface area contributed by atoms with E-state index in [0.717, 1.165) is 24.8 Å². The van der Waals surface area contributed by atoms with Crippen molar-refractivity contribution in [3.63, 3.8) is 0 Å². The van der Waals surface area contributed by atoms with Crippen LogP contribution in [0.1, 0.15) is 49.2 Å². The Morgan fingerprint density at radius 2 is 2.15 bits per heavy atom. The van der Waals surface area contributed by atoms with Crippen LogP contribution in [0.4, 0.5) is 0 Å². The van der Waals surface area contributed by atoms with E-state index < -0.39 is 5.97 Å². The predicted molar refractivity (Wildman–Crippen MR) is 94.1 cm³/mol. The average molecular weight is 355 g/mol. The number of H-pyrrole nitrogens is 1. The fourth-order valence-corrected chi connectivity index (χ4v) is 3.18. The number of carboxylic acids is 1. The number of ether oxygens (including phenoxy) is 2. The van der Waals surface area contributed by atoms with Crippen molar-refractivity contribution in [3.05, 3.63) is 35.5 Å². The first-order valence-corrected chi connectivity index (χ1v) is 8.58. The van der Waals surface area contributed by atoms with Crippen molar-refractivity contribution in [1.82, 2.24) is 15.4 Å². The van der Waals surface area contributed by atoms with Gasteiger partial charge in [-0.1, -0.05) is 28.2 Å². The van der Waals surface area contributed by atoms with E-state index >= 15 is 0 Å². The van der Waals surface area contributed by atoms with Crippen LogP contribution in [0.3, 0.4) is 0 Å². The number of rotatable bonds is 4. The second-order valence-electron chi connectivity index (χ2n) is 6.53. The molecule has 0 aliphatic carbocycles. The highest BCUT2D eigenvalue weighted by Gasteiger charge is 2.23. The van der Waals surface area contributed by atoms with Crippen molar-refractivity contribution in [2.45, 2.75) is 45.3 Å². The molecule has 136 valence electrons. The van der Waals surface area contributed by atoms with Crippen molar-refractivity contribution in [2.24, 2.45) is 5.92 Å². The van der Waals surface area contributed by atoms with Gasteiger partial charge >= 0.3 is 5.97 Å². The Hall–Kier alpha value is -2.85.